The first-order valence-corrected chi connectivity index (χ1v) is 6.64. The molecule has 0 saturated carbocycles. The maximum atomic E-state index is 10.3. The minimum atomic E-state index is -1.17. The smallest absolute Gasteiger partial charge is 0.405 e. The lowest BCUT2D eigenvalue weighted by atomic mass is 10.3. The van der Waals surface area contributed by atoms with E-state index < -0.39 is 6.09 Å². The second kappa shape index (κ2) is 7.20. The molecule has 0 spiro atoms. The standard InChI is InChI=1S/C14H12ClN5O3/c15-9-6-8(3-4-10(9)16)23-13-12(17)11(19-7-20-13)2-1-5-18-14(21)22/h3-4,6-7,18H,5,16-17H2,(H,21,22). The van der Waals surface area contributed by atoms with Gasteiger partial charge >= 0.3 is 6.09 Å². The molecule has 8 nitrogen and oxygen atoms in total. The highest BCUT2D eigenvalue weighted by Gasteiger charge is 2.09. The average Bonchev–Trinajstić information content (AvgIpc) is 2.50. The van der Waals surface area contributed by atoms with Crippen molar-refractivity contribution in [1.29, 1.82) is 0 Å². The summed E-state index contributed by atoms with van der Waals surface area (Å²) in [7, 11) is 0. The van der Waals surface area contributed by atoms with Crippen molar-refractivity contribution in [2.45, 2.75) is 0 Å². The zero-order valence-electron chi connectivity index (χ0n) is 11.7. The van der Waals surface area contributed by atoms with Crippen LogP contribution in [0.1, 0.15) is 5.69 Å². The molecule has 9 heteroatoms. The van der Waals surface area contributed by atoms with Crippen LogP contribution in [0.2, 0.25) is 5.02 Å². The molecular formula is C14H12ClN5O3. The average molecular weight is 334 g/mol. The number of nitrogens with one attached hydrogen (secondary N) is 1. The number of aromatic nitrogens is 2. The van der Waals surface area contributed by atoms with Gasteiger partial charge in [-0.2, -0.15) is 4.98 Å². The molecule has 0 aliphatic heterocycles. The lowest BCUT2D eigenvalue weighted by Gasteiger charge is -2.08. The van der Waals surface area contributed by atoms with Gasteiger partial charge in [0.05, 0.1) is 17.3 Å². The monoisotopic (exact) mass is 333 g/mol. The molecule has 0 saturated heterocycles. The summed E-state index contributed by atoms with van der Waals surface area (Å²) in [6.07, 6.45) is 0.0680. The minimum Gasteiger partial charge on any atom is -0.465 e. The van der Waals surface area contributed by atoms with Crippen molar-refractivity contribution >= 4 is 29.1 Å². The number of amides is 1. The number of rotatable bonds is 3. The number of nitrogens with two attached hydrogens (primary N) is 2. The maximum Gasteiger partial charge on any atom is 0.405 e. The molecule has 0 unspecified atom stereocenters. The molecule has 1 heterocycles. The van der Waals surface area contributed by atoms with E-state index in [0.717, 1.165) is 0 Å². The number of hydrogen-bond acceptors (Lipinski definition) is 6. The molecule has 1 amide bonds. The quantitative estimate of drug-likeness (QED) is 0.495. The van der Waals surface area contributed by atoms with E-state index in [1.165, 1.54) is 12.4 Å². The number of halogens is 1. The summed E-state index contributed by atoms with van der Waals surface area (Å²) < 4.78 is 5.54. The van der Waals surface area contributed by atoms with Crippen molar-refractivity contribution in [3.05, 3.63) is 35.2 Å². The number of carboxylic acid groups (broad SMARTS) is 1. The van der Waals surface area contributed by atoms with Crippen LogP contribution < -0.4 is 21.5 Å². The maximum absolute atomic E-state index is 10.3. The van der Waals surface area contributed by atoms with Gasteiger partial charge in [-0.25, -0.2) is 9.78 Å². The molecule has 6 N–H and O–H groups in total. The summed E-state index contributed by atoms with van der Waals surface area (Å²) in [4.78, 5) is 18.2. The van der Waals surface area contributed by atoms with Gasteiger partial charge in [0, 0.05) is 6.07 Å². The fourth-order valence-electron chi connectivity index (χ4n) is 1.49. The van der Waals surface area contributed by atoms with Crippen LogP contribution in [-0.2, 0) is 0 Å². The van der Waals surface area contributed by atoms with Crippen LogP contribution in [0.4, 0.5) is 16.2 Å². The van der Waals surface area contributed by atoms with Crippen molar-refractivity contribution < 1.29 is 14.6 Å². The van der Waals surface area contributed by atoms with Crippen molar-refractivity contribution in [3.8, 4) is 23.5 Å². The predicted molar refractivity (Wildman–Crippen MR) is 85.3 cm³/mol. The van der Waals surface area contributed by atoms with Crippen molar-refractivity contribution in [2.75, 3.05) is 18.0 Å². The Morgan fingerprint density at radius 2 is 2.17 bits per heavy atom. The summed E-state index contributed by atoms with van der Waals surface area (Å²) in [6, 6.07) is 4.73. The normalized spacial score (nSPS) is 9.61. The van der Waals surface area contributed by atoms with E-state index in [9.17, 15) is 4.79 Å². The molecule has 23 heavy (non-hydrogen) atoms. The van der Waals surface area contributed by atoms with Gasteiger partial charge in [-0.3, -0.25) is 0 Å². The Kier molecular flexibility index (Phi) is 5.07. The number of nitrogen functional groups attached to an aromatic ring is 2. The summed E-state index contributed by atoms with van der Waals surface area (Å²) in [5.41, 5.74) is 12.3. The lowest BCUT2D eigenvalue weighted by molar-refractivity contribution is 0.196. The first-order valence-electron chi connectivity index (χ1n) is 6.26. The molecular weight excluding hydrogens is 322 g/mol. The molecule has 0 aliphatic rings. The van der Waals surface area contributed by atoms with Crippen LogP contribution in [0.25, 0.3) is 0 Å². The summed E-state index contributed by atoms with van der Waals surface area (Å²) in [5.74, 6) is 5.72. The van der Waals surface area contributed by atoms with Gasteiger partial charge in [-0.1, -0.05) is 17.5 Å². The Morgan fingerprint density at radius 1 is 1.39 bits per heavy atom. The van der Waals surface area contributed by atoms with Crippen molar-refractivity contribution in [3.63, 3.8) is 0 Å². The molecule has 1 aromatic heterocycles. The van der Waals surface area contributed by atoms with Gasteiger partial charge in [0.2, 0.25) is 5.88 Å². The number of ether oxygens (including phenoxy) is 1. The molecule has 0 aliphatic carbocycles. The molecule has 0 atom stereocenters. The summed E-state index contributed by atoms with van der Waals surface area (Å²) >= 11 is 5.91. The van der Waals surface area contributed by atoms with E-state index in [1.54, 1.807) is 12.1 Å². The highest BCUT2D eigenvalue weighted by Crippen LogP contribution is 2.30. The molecule has 2 rings (SSSR count). The van der Waals surface area contributed by atoms with Crippen molar-refractivity contribution in [1.82, 2.24) is 15.3 Å². The summed E-state index contributed by atoms with van der Waals surface area (Å²) in [6.45, 7) is -0.0530. The van der Waals surface area contributed by atoms with E-state index >= 15 is 0 Å². The van der Waals surface area contributed by atoms with Gasteiger partial charge in [-0.15, -0.1) is 0 Å². The van der Waals surface area contributed by atoms with E-state index in [2.05, 4.69) is 27.1 Å². The second-order valence-corrected chi connectivity index (χ2v) is 4.59. The summed E-state index contributed by atoms with van der Waals surface area (Å²) in [5, 5.41) is 10.9. The topological polar surface area (TPSA) is 136 Å². The predicted octanol–water partition coefficient (Wildman–Crippen LogP) is 1.71. The van der Waals surface area contributed by atoms with Crippen LogP contribution in [0, 0.1) is 11.8 Å². The zero-order valence-corrected chi connectivity index (χ0v) is 12.5. The van der Waals surface area contributed by atoms with Gasteiger partial charge in [-0.05, 0) is 18.1 Å². The van der Waals surface area contributed by atoms with Crippen LogP contribution >= 0.6 is 11.6 Å². The van der Waals surface area contributed by atoms with E-state index in [0.29, 0.717) is 16.5 Å². The van der Waals surface area contributed by atoms with Crippen LogP contribution in [0.15, 0.2) is 24.5 Å². The van der Waals surface area contributed by atoms with Gasteiger partial charge in [0.25, 0.3) is 0 Å². The van der Waals surface area contributed by atoms with Crippen LogP contribution in [0.5, 0.6) is 11.6 Å². The molecule has 118 valence electrons. The highest BCUT2D eigenvalue weighted by molar-refractivity contribution is 6.33. The lowest BCUT2D eigenvalue weighted by Crippen LogP contribution is -2.20. The third kappa shape index (κ3) is 4.39. The van der Waals surface area contributed by atoms with Crippen LogP contribution in [-0.4, -0.2) is 27.7 Å². The van der Waals surface area contributed by atoms with E-state index in [-0.39, 0.29) is 23.8 Å². The van der Waals surface area contributed by atoms with E-state index in [1.807, 2.05) is 0 Å². The van der Waals surface area contributed by atoms with Gasteiger partial charge in [0.1, 0.15) is 23.5 Å². The van der Waals surface area contributed by atoms with Gasteiger partial charge in [0.15, 0.2) is 0 Å². The number of hydrogen-bond donors (Lipinski definition) is 4. The molecule has 0 radical (unpaired) electrons. The third-order valence-electron chi connectivity index (χ3n) is 2.57. The number of nitrogens with zero attached hydrogens (tertiary/aromatic N) is 2. The number of benzene rings is 1. The fourth-order valence-corrected chi connectivity index (χ4v) is 1.66. The Hall–Kier alpha value is -3.18. The minimum absolute atomic E-state index is 0.0530. The zero-order chi connectivity index (χ0) is 16.8. The third-order valence-corrected chi connectivity index (χ3v) is 2.90. The SMILES string of the molecule is Nc1ccc(Oc2ncnc(C#CCNC(=O)O)c2N)cc1Cl. The number of carbonyl (C=O) groups is 1. The highest BCUT2D eigenvalue weighted by atomic mass is 35.5. The Morgan fingerprint density at radius 3 is 2.87 bits per heavy atom. The Labute approximate surface area is 136 Å². The largest absolute Gasteiger partial charge is 0.465 e. The first-order chi connectivity index (χ1) is 11.0. The Balaban J connectivity index is 2.18. The van der Waals surface area contributed by atoms with E-state index in [4.69, 9.17) is 32.9 Å². The second-order valence-electron chi connectivity index (χ2n) is 4.19. The molecule has 2 aromatic rings. The first kappa shape index (κ1) is 16.2. The molecule has 1 aromatic carbocycles. The van der Waals surface area contributed by atoms with Crippen molar-refractivity contribution in [2.24, 2.45) is 0 Å². The Bertz CT molecular complexity index is 801. The molecule has 0 bridgehead atoms. The van der Waals surface area contributed by atoms with Crippen LogP contribution in [0.3, 0.4) is 0 Å². The fraction of sp³-hybridized carbons (Fsp3) is 0.0714. The van der Waals surface area contributed by atoms with Gasteiger partial charge < -0.3 is 26.6 Å². The molecule has 0 fully saturated rings. The number of anilines is 2.